The van der Waals surface area contributed by atoms with Crippen LogP contribution in [0.3, 0.4) is 0 Å². The maximum atomic E-state index is 5.04. The van der Waals surface area contributed by atoms with Crippen molar-refractivity contribution in [1.82, 2.24) is 9.55 Å². The second-order valence-electron chi connectivity index (χ2n) is 15.2. The number of hydroxylamine groups is 1. The van der Waals surface area contributed by atoms with E-state index in [1.54, 1.807) is 11.8 Å². The molecule has 1 aliphatic heterocycles. The number of rotatable bonds is 7. The summed E-state index contributed by atoms with van der Waals surface area (Å²) in [6.45, 7) is 6.53. The molecule has 58 heavy (non-hydrogen) atoms. The Morgan fingerprint density at radius 1 is 0.569 bits per heavy atom. The summed E-state index contributed by atoms with van der Waals surface area (Å²) in [5.41, 5.74) is 11.9. The van der Waals surface area contributed by atoms with Crippen molar-refractivity contribution in [1.29, 1.82) is 0 Å². The number of anilines is 3. The molecule has 5 nitrogen and oxygen atoms in total. The number of hydrogen-bond acceptors (Lipinski definition) is 4. The summed E-state index contributed by atoms with van der Waals surface area (Å²) in [7, 11) is 0. The predicted molar refractivity (Wildman–Crippen MR) is 236 cm³/mol. The number of para-hydroxylation sites is 3. The Balaban J connectivity index is 0.00000436. The third-order valence-corrected chi connectivity index (χ3v) is 11.3. The van der Waals surface area contributed by atoms with Gasteiger partial charge in [0.05, 0.1) is 0 Å². The molecule has 0 saturated heterocycles. The first-order valence-electron chi connectivity index (χ1n) is 19.2. The number of benzene rings is 7. The molecular weight excluding hydrogens is 912 g/mol. The molecule has 7 aromatic carbocycles. The van der Waals surface area contributed by atoms with Crippen LogP contribution in [0.4, 0.5) is 17.1 Å². The molecule has 0 bridgehead atoms. The molecule has 0 amide bonds. The summed E-state index contributed by atoms with van der Waals surface area (Å²) >= 11 is 1.65. The number of fused-ring (bicyclic) bond motifs is 4. The zero-order valence-corrected chi connectivity index (χ0v) is 35.3. The Kier molecular flexibility index (Phi) is 10.0. The van der Waals surface area contributed by atoms with Gasteiger partial charge in [0.15, 0.2) is 0 Å². The van der Waals surface area contributed by atoms with Crippen LogP contribution in [0.25, 0.3) is 61.0 Å². The molecule has 0 saturated carbocycles. The van der Waals surface area contributed by atoms with Gasteiger partial charge in [0.1, 0.15) is 22.7 Å². The minimum atomic E-state index is -0.177. The molecular formula is C51H39N4OPtS-. The molecule has 10 rings (SSSR count). The van der Waals surface area contributed by atoms with E-state index in [0.717, 1.165) is 60.0 Å². The van der Waals surface area contributed by atoms with Crippen molar-refractivity contribution >= 4 is 50.6 Å². The van der Waals surface area contributed by atoms with E-state index < -0.39 is 0 Å². The van der Waals surface area contributed by atoms with E-state index >= 15 is 0 Å². The molecule has 0 spiro atoms. The third kappa shape index (κ3) is 6.81. The van der Waals surface area contributed by atoms with Crippen LogP contribution in [0, 0.1) is 12.1 Å². The van der Waals surface area contributed by atoms with Gasteiger partial charge in [-0.05, 0) is 89.9 Å². The fourth-order valence-corrected chi connectivity index (χ4v) is 8.69. The molecule has 0 aliphatic carbocycles. The zero-order chi connectivity index (χ0) is 38.5. The minimum absolute atomic E-state index is 0. The fraction of sp³-hybridized carbons (Fsp3) is 0.0784. The van der Waals surface area contributed by atoms with Crippen LogP contribution in [0.2, 0.25) is 0 Å². The zero-order valence-electron chi connectivity index (χ0n) is 32.2. The normalized spacial score (nSPS) is 12.5. The summed E-state index contributed by atoms with van der Waals surface area (Å²) in [6.07, 6.45) is 1.93. The maximum absolute atomic E-state index is 5.04. The SMILES string of the molecule is CC(C)(C)N1[OH+]N(c2[c-]c(Sc3[c-]c4c(cc3)c3ccccc3n4-c3cc(-c4c(-c5ccccc5)cccc4-c4ccccc4)ccn3)ccc2)c2ccccc21.[Pt]. The minimum Gasteiger partial charge on any atom is -0.319 e. The van der Waals surface area contributed by atoms with Crippen molar-refractivity contribution in [2.45, 2.75) is 36.1 Å². The molecule has 0 fully saturated rings. The van der Waals surface area contributed by atoms with Gasteiger partial charge in [-0.3, -0.25) is 0 Å². The van der Waals surface area contributed by atoms with Gasteiger partial charge in [-0.1, -0.05) is 115 Å². The van der Waals surface area contributed by atoms with Crippen LogP contribution in [-0.4, -0.2) is 20.0 Å². The quantitative estimate of drug-likeness (QED) is 0.118. The molecule has 1 N–H and O–H groups in total. The summed E-state index contributed by atoms with van der Waals surface area (Å²) < 4.78 is 2.26. The van der Waals surface area contributed by atoms with Gasteiger partial charge in [0, 0.05) is 38.5 Å². The summed E-state index contributed by atoms with van der Waals surface area (Å²) in [5.74, 6) is 0.838. The average molecular weight is 951 g/mol. The first-order valence-corrected chi connectivity index (χ1v) is 20.0. The van der Waals surface area contributed by atoms with E-state index in [9.17, 15) is 0 Å². The van der Waals surface area contributed by atoms with Gasteiger partial charge < -0.3 is 4.57 Å². The van der Waals surface area contributed by atoms with Gasteiger partial charge in [-0.2, -0.15) is 29.2 Å². The molecule has 1 aliphatic rings. The van der Waals surface area contributed by atoms with Crippen LogP contribution in [-0.2, 0) is 21.1 Å². The van der Waals surface area contributed by atoms with Crippen LogP contribution in [0.5, 0.6) is 0 Å². The van der Waals surface area contributed by atoms with Crippen molar-refractivity contribution in [3.63, 3.8) is 0 Å². The standard InChI is InChI=1S/C51H38N4OS.Pt/c1-51(2,3)55-47-27-13-12-26-46(47)54(56-55)38-20-14-21-39(33-38)57-40-28-29-44-43-22-10-11-25-45(43)53(48(44)34-40)49-32-37(30-31-52-49)50-41(35-16-6-4-7-17-35)23-15-24-42(50)36-18-8-5-9-19-36;/h4-32H,1-3H3;/q-2;/p+1. The molecule has 0 radical (unpaired) electrons. The largest absolute Gasteiger partial charge is 0.319 e. The van der Waals surface area contributed by atoms with Gasteiger partial charge in [-0.15, -0.1) is 55.3 Å². The van der Waals surface area contributed by atoms with Crippen molar-refractivity contribution in [2.75, 3.05) is 10.1 Å². The van der Waals surface area contributed by atoms with Crippen LogP contribution in [0.1, 0.15) is 20.8 Å². The van der Waals surface area contributed by atoms with Gasteiger partial charge >= 0.3 is 0 Å². The van der Waals surface area contributed by atoms with Gasteiger partial charge in [0.25, 0.3) is 0 Å². The molecule has 3 heterocycles. The molecule has 286 valence electrons. The van der Waals surface area contributed by atoms with E-state index in [4.69, 9.17) is 9.92 Å². The number of aromatic nitrogens is 2. The summed E-state index contributed by atoms with van der Waals surface area (Å²) in [4.78, 5) is 12.0. The Labute approximate surface area is 357 Å². The smallest absolute Gasteiger partial charge is 0.145 e. The molecule has 9 aromatic rings. The summed E-state index contributed by atoms with van der Waals surface area (Å²) in [6, 6.07) is 67.3. The second kappa shape index (κ2) is 15.4. The Morgan fingerprint density at radius 2 is 1.21 bits per heavy atom. The van der Waals surface area contributed by atoms with E-state index in [2.05, 4.69) is 212 Å². The van der Waals surface area contributed by atoms with E-state index in [0.29, 0.717) is 0 Å². The van der Waals surface area contributed by atoms with Crippen molar-refractivity contribution in [2.24, 2.45) is 0 Å². The fourth-order valence-electron chi connectivity index (χ4n) is 7.87. The van der Waals surface area contributed by atoms with Gasteiger partial charge in [0.2, 0.25) is 0 Å². The average Bonchev–Trinajstić information content (AvgIpc) is 3.81. The van der Waals surface area contributed by atoms with Gasteiger partial charge in [-0.25, -0.2) is 4.98 Å². The second-order valence-corrected chi connectivity index (χ2v) is 16.3. The third-order valence-electron chi connectivity index (χ3n) is 10.4. The molecule has 0 atom stereocenters. The van der Waals surface area contributed by atoms with Crippen molar-refractivity contribution in [3.05, 3.63) is 188 Å². The van der Waals surface area contributed by atoms with Crippen molar-refractivity contribution < 1.29 is 26.0 Å². The number of hydrogen-bond donors (Lipinski definition) is 0. The molecule has 2 aromatic heterocycles. The monoisotopic (exact) mass is 950 g/mol. The Bertz CT molecular complexity index is 2870. The van der Waals surface area contributed by atoms with Crippen molar-refractivity contribution in [3.8, 4) is 39.2 Å². The maximum Gasteiger partial charge on any atom is 0.145 e. The van der Waals surface area contributed by atoms with Crippen LogP contribution < -0.4 is 10.1 Å². The Hall–Kier alpha value is -5.91. The first kappa shape index (κ1) is 37.7. The predicted octanol–water partition coefficient (Wildman–Crippen LogP) is 13.5. The van der Waals surface area contributed by atoms with E-state index in [1.165, 1.54) is 27.8 Å². The summed E-state index contributed by atoms with van der Waals surface area (Å²) in [5, 5.41) is 6.37. The van der Waals surface area contributed by atoms with E-state index in [1.807, 2.05) is 11.3 Å². The number of nitrogens with zero attached hydrogens (tertiary/aromatic N) is 4. The van der Waals surface area contributed by atoms with Crippen LogP contribution >= 0.6 is 11.8 Å². The van der Waals surface area contributed by atoms with E-state index in [-0.39, 0.29) is 26.6 Å². The molecule has 7 heteroatoms. The van der Waals surface area contributed by atoms with Crippen LogP contribution in [0.15, 0.2) is 186 Å². The number of pyridine rings is 1. The first-order chi connectivity index (χ1) is 27.9. The Morgan fingerprint density at radius 3 is 1.93 bits per heavy atom. The topological polar surface area (TPSA) is 37.1 Å². The molecule has 0 unspecified atom stereocenters.